The molecule has 0 amide bonds. The third-order valence-electron chi connectivity index (χ3n) is 3.11. The van der Waals surface area contributed by atoms with Gasteiger partial charge in [0.1, 0.15) is 0 Å². The summed E-state index contributed by atoms with van der Waals surface area (Å²) < 4.78 is 27.0. The number of nitrogens with zero attached hydrogens (tertiary/aromatic N) is 1. The highest BCUT2D eigenvalue weighted by Gasteiger charge is 2.29. The van der Waals surface area contributed by atoms with E-state index in [0.717, 1.165) is 12.8 Å². The molecule has 0 radical (unpaired) electrons. The minimum absolute atomic E-state index is 0.0631. The average Bonchev–Trinajstić information content (AvgIpc) is 2.77. The van der Waals surface area contributed by atoms with Crippen molar-refractivity contribution < 1.29 is 8.42 Å². The van der Waals surface area contributed by atoms with Gasteiger partial charge in [0.05, 0.1) is 6.20 Å². The van der Waals surface area contributed by atoms with Gasteiger partial charge in [-0.2, -0.15) is 5.10 Å². The molecular formula is C10H20N4O2S. The lowest BCUT2D eigenvalue weighted by Crippen LogP contribution is -2.45. The average molecular weight is 260 g/mol. The topological polar surface area (TPSA) is 101 Å². The minimum Gasteiger partial charge on any atom is -0.326 e. The lowest BCUT2D eigenvalue weighted by Gasteiger charge is -2.27. The fourth-order valence-electron chi connectivity index (χ4n) is 1.45. The predicted molar refractivity (Wildman–Crippen MR) is 65.8 cm³/mol. The van der Waals surface area contributed by atoms with E-state index in [1.807, 2.05) is 20.8 Å². The first-order chi connectivity index (χ1) is 7.88. The van der Waals surface area contributed by atoms with Crippen LogP contribution in [0, 0.1) is 0 Å². The molecule has 1 rings (SSSR count). The molecule has 6 nitrogen and oxygen atoms in total. The number of rotatable bonds is 6. The highest BCUT2D eigenvalue weighted by atomic mass is 32.2. The van der Waals surface area contributed by atoms with Crippen LogP contribution in [0.15, 0.2) is 11.2 Å². The standard InChI is InChI=1S/C10H20N4O2S/c1-4-10(3,5-2)14-17(15,16)9-8(6-11)7-12-13-9/h7,14H,4-6,11H2,1-3H3,(H,12,13). The quantitative estimate of drug-likeness (QED) is 0.701. The van der Waals surface area contributed by atoms with Crippen LogP contribution < -0.4 is 10.5 Å². The first kappa shape index (κ1) is 14.1. The highest BCUT2D eigenvalue weighted by molar-refractivity contribution is 7.89. The molecule has 1 aromatic heterocycles. The van der Waals surface area contributed by atoms with Crippen molar-refractivity contribution in [2.75, 3.05) is 0 Å². The lowest BCUT2D eigenvalue weighted by atomic mass is 9.98. The van der Waals surface area contributed by atoms with Gasteiger partial charge in [0, 0.05) is 17.6 Å². The Labute approximate surface area is 102 Å². The Kier molecular flexibility index (Phi) is 4.29. The summed E-state index contributed by atoms with van der Waals surface area (Å²) in [6.07, 6.45) is 2.87. The summed E-state index contributed by atoms with van der Waals surface area (Å²) in [5, 5.41) is 6.27. The minimum atomic E-state index is -3.59. The number of hydrogen-bond donors (Lipinski definition) is 3. The van der Waals surface area contributed by atoms with E-state index in [0.29, 0.717) is 5.56 Å². The Bertz CT molecular complexity index is 462. The van der Waals surface area contributed by atoms with Crippen LogP contribution in [0.4, 0.5) is 0 Å². The van der Waals surface area contributed by atoms with E-state index in [9.17, 15) is 8.42 Å². The summed E-state index contributed by atoms with van der Waals surface area (Å²) in [5.74, 6) is 0. The SMILES string of the molecule is CCC(C)(CC)NS(=O)(=O)c1[nH]ncc1CN. The Morgan fingerprint density at radius 3 is 2.53 bits per heavy atom. The van der Waals surface area contributed by atoms with E-state index in [-0.39, 0.29) is 11.6 Å². The molecule has 0 bridgehead atoms. The number of nitrogens with two attached hydrogens (primary N) is 1. The van der Waals surface area contributed by atoms with Crippen LogP contribution in [-0.4, -0.2) is 24.2 Å². The number of aromatic amines is 1. The maximum atomic E-state index is 12.2. The third kappa shape index (κ3) is 3.05. The lowest BCUT2D eigenvalue weighted by molar-refractivity contribution is 0.388. The van der Waals surface area contributed by atoms with Crippen molar-refractivity contribution in [1.82, 2.24) is 14.9 Å². The fourth-order valence-corrected chi connectivity index (χ4v) is 3.14. The molecule has 1 aromatic rings. The number of H-pyrrole nitrogens is 1. The molecule has 0 spiro atoms. The largest absolute Gasteiger partial charge is 0.326 e. The summed E-state index contributed by atoms with van der Waals surface area (Å²) in [6, 6.07) is 0. The van der Waals surface area contributed by atoms with Crippen LogP contribution >= 0.6 is 0 Å². The molecule has 0 unspecified atom stereocenters. The van der Waals surface area contributed by atoms with Crippen molar-refractivity contribution >= 4 is 10.0 Å². The second-order valence-electron chi connectivity index (χ2n) is 4.30. The normalized spacial score (nSPS) is 12.9. The summed E-state index contributed by atoms with van der Waals surface area (Å²) in [6.45, 7) is 5.91. The van der Waals surface area contributed by atoms with E-state index in [4.69, 9.17) is 5.73 Å². The van der Waals surface area contributed by atoms with Gasteiger partial charge in [-0.15, -0.1) is 0 Å². The van der Waals surface area contributed by atoms with E-state index in [1.165, 1.54) is 6.20 Å². The molecule has 0 aliphatic carbocycles. The van der Waals surface area contributed by atoms with E-state index in [1.54, 1.807) is 0 Å². The zero-order valence-electron chi connectivity index (χ0n) is 10.4. The van der Waals surface area contributed by atoms with Gasteiger partial charge in [-0.25, -0.2) is 13.1 Å². The van der Waals surface area contributed by atoms with Crippen LogP contribution in [0.3, 0.4) is 0 Å². The van der Waals surface area contributed by atoms with Crippen LogP contribution in [0.2, 0.25) is 0 Å². The first-order valence-electron chi connectivity index (χ1n) is 5.65. The maximum Gasteiger partial charge on any atom is 0.258 e. The first-order valence-corrected chi connectivity index (χ1v) is 7.13. The predicted octanol–water partition coefficient (Wildman–Crippen LogP) is 0.725. The second-order valence-corrected chi connectivity index (χ2v) is 5.92. The van der Waals surface area contributed by atoms with Crippen molar-refractivity contribution in [2.45, 2.75) is 50.7 Å². The van der Waals surface area contributed by atoms with Gasteiger partial charge < -0.3 is 5.73 Å². The van der Waals surface area contributed by atoms with E-state index < -0.39 is 15.6 Å². The Hall–Kier alpha value is -0.920. The summed E-state index contributed by atoms with van der Waals surface area (Å²) >= 11 is 0. The molecule has 4 N–H and O–H groups in total. The Morgan fingerprint density at radius 1 is 1.47 bits per heavy atom. The molecule has 98 valence electrons. The monoisotopic (exact) mass is 260 g/mol. The van der Waals surface area contributed by atoms with Gasteiger partial charge in [0.15, 0.2) is 5.03 Å². The number of aromatic nitrogens is 2. The van der Waals surface area contributed by atoms with Gasteiger partial charge in [-0.05, 0) is 19.8 Å². The number of sulfonamides is 1. The van der Waals surface area contributed by atoms with Crippen molar-refractivity contribution in [2.24, 2.45) is 5.73 Å². The van der Waals surface area contributed by atoms with Crippen molar-refractivity contribution in [3.8, 4) is 0 Å². The van der Waals surface area contributed by atoms with Crippen LogP contribution in [-0.2, 0) is 16.6 Å². The second kappa shape index (κ2) is 5.16. The van der Waals surface area contributed by atoms with Gasteiger partial charge in [-0.3, -0.25) is 5.10 Å². The van der Waals surface area contributed by atoms with Gasteiger partial charge in [-0.1, -0.05) is 13.8 Å². The summed E-state index contributed by atoms with van der Waals surface area (Å²) in [5.41, 5.74) is 5.51. The molecule has 0 fully saturated rings. The van der Waals surface area contributed by atoms with Crippen molar-refractivity contribution in [1.29, 1.82) is 0 Å². The number of nitrogens with one attached hydrogen (secondary N) is 2. The molecule has 0 saturated carbocycles. The van der Waals surface area contributed by atoms with Gasteiger partial charge >= 0.3 is 0 Å². The van der Waals surface area contributed by atoms with Crippen LogP contribution in [0.25, 0.3) is 0 Å². The van der Waals surface area contributed by atoms with E-state index >= 15 is 0 Å². The van der Waals surface area contributed by atoms with Gasteiger partial charge in [0.2, 0.25) is 0 Å². The van der Waals surface area contributed by atoms with Crippen LogP contribution in [0.1, 0.15) is 39.2 Å². The summed E-state index contributed by atoms with van der Waals surface area (Å²) in [4.78, 5) is 0. The van der Waals surface area contributed by atoms with Crippen LogP contribution in [0.5, 0.6) is 0 Å². The highest BCUT2D eigenvalue weighted by Crippen LogP contribution is 2.19. The Balaban J connectivity index is 3.05. The molecule has 0 atom stereocenters. The van der Waals surface area contributed by atoms with Crippen molar-refractivity contribution in [3.05, 3.63) is 11.8 Å². The maximum absolute atomic E-state index is 12.2. The summed E-state index contributed by atoms with van der Waals surface area (Å²) in [7, 11) is -3.59. The van der Waals surface area contributed by atoms with Gasteiger partial charge in [0.25, 0.3) is 10.0 Å². The van der Waals surface area contributed by atoms with Crippen molar-refractivity contribution in [3.63, 3.8) is 0 Å². The third-order valence-corrected chi connectivity index (χ3v) is 4.76. The molecule has 0 aliphatic rings. The molecular weight excluding hydrogens is 240 g/mol. The smallest absolute Gasteiger partial charge is 0.258 e. The zero-order chi connectivity index (χ0) is 13.1. The molecule has 0 aliphatic heterocycles. The Morgan fingerprint density at radius 2 is 2.06 bits per heavy atom. The molecule has 1 heterocycles. The molecule has 0 aromatic carbocycles. The van der Waals surface area contributed by atoms with E-state index in [2.05, 4.69) is 14.9 Å². The zero-order valence-corrected chi connectivity index (χ0v) is 11.3. The molecule has 0 saturated heterocycles. The fraction of sp³-hybridized carbons (Fsp3) is 0.700. The number of hydrogen-bond acceptors (Lipinski definition) is 4. The molecule has 17 heavy (non-hydrogen) atoms. The molecule has 7 heteroatoms.